The van der Waals surface area contributed by atoms with Crippen LogP contribution in [0.5, 0.6) is 0 Å². The number of hydrogen-bond donors (Lipinski definition) is 2. The molecule has 1 rings (SSSR count). The van der Waals surface area contributed by atoms with Crippen LogP contribution in [0.1, 0.15) is 63.5 Å². The normalized spacial score (nSPS) is 12.7. The lowest BCUT2D eigenvalue weighted by molar-refractivity contribution is 0.412. The standard InChI is InChI=1S/C15H23F3N2/c1-2-3-4-5-6-7-8-13(20-19)11-9-10-12(16)15(18)14(11)17/h9-10,13,20H,2-8,19H2,1H3. The molecule has 3 N–H and O–H groups in total. The summed E-state index contributed by atoms with van der Waals surface area (Å²) in [6, 6.07) is 1.69. The maximum absolute atomic E-state index is 13.7. The second kappa shape index (κ2) is 8.97. The Hall–Kier alpha value is -1.07. The molecule has 0 saturated carbocycles. The van der Waals surface area contributed by atoms with E-state index in [0.29, 0.717) is 6.42 Å². The average molecular weight is 288 g/mol. The van der Waals surface area contributed by atoms with Crippen LogP contribution in [0.25, 0.3) is 0 Å². The quantitative estimate of drug-likeness (QED) is 0.307. The first kappa shape index (κ1) is 17.0. The van der Waals surface area contributed by atoms with Crippen LogP contribution in [0.4, 0.5) is 13.2 Å². The number of unbranched alkanes of at least 4 members (excludes halogenated alkanes) is 5. The molecule has 0 aromatic heterocycles. The molecule has 0 saturated heterocycles. The fraction of sp³-hybridized carbons (Fsp3) is 0.600. The van der Waals surface area contributed by atoms with Crippen LogP contribution < -0.4 is 11.3 Å². The lowest BCUT2D eigenvalue weighted by Gasteiger charge is -2.17. The summed E-state index contributed by atoms with van der Waals surface area (Å²) in [4.78, 5) is 0. The van der Waals surface area contributed by atoms with Gasteiger partial charge >= 0.3 is 0 Å². The first-order chi connectivity index (χ1) is 9.61. The Morgan fingerprint density at radius 2 is 1.65 bits per heavy atom. The lowest BCUT2D eigenvalue weighted by atomic mass is 9.99. The Morgan fingerprint density at radius 1 is 1.00 bits per heavy atom. The molecule has 0 fully saturated rings. The van der Waals surface area contributed by atoms with Gasteiger partial charge in [-0.1, -0.05) is 51.5 Å². The van der Waals surface area contributed by atoms with Crippen molar-refractivity contribution >= 4 is 0 Å². The van der Waals surface area contributed by atoms with E-state index in [4.69, 9.17) is 5.84 Å². The van der Waals surface area contributed by atoms with Gasteiger partial charge in [0, 0.05) is 11.6 Å². The fourth-order valence-corrected chi connectivity index (χ4v) is 2.27. The molecular weight excluding hydrogens is 265 g/mol. The number of benzene rings is 1. The summed E-state index contributed by atoms with van der Waals surface area (Å²) in [7, 11) is 0. The van der Waals surface area contributed by atoms with E-state index in [-0.39, 0.29) is 5.56 Å². The summed E-state index contributed by atoms with van der Waals surface area (Å²) in [5.74, 6) is 1.62. The van der Waals surface area contributed by atoms with Crippen molar-refractivity contribution in [2.75, 3.05) is 0 Å². The highest BCUT2D eigenvalue weighted by atomic mass is 19.2. The summed E-state index contributed by atoms with van der Waals surface area (Å²) < 4.78 is 39.7. The fourth-order valence-electron chi connectivity index (χ4n) is 2.27. The van der Waals surface area contributed by atoms with Crippen molar-refractivity contribution in [3.63, 3.8) is 0 Å². The molecule has 1 aromatic rings. The van der Waals surface area contributed by atoms with E-state index in [1.807, 2.05) is 0 Å². The van der Waals surface area contributed by atoms with Crippen LogP contribution in [-0.2, 0) is 0 Å². The van der Waals surface area contributed by atoms with Crippen molar-refractivity contribution in [1.82, 2.24) is 5.43 Å². The molecule has 0 aliphatic rings. The highest BCUT2D eigenvalue weighted by Gasteiger charge is 2.19. The van der Waals surface area contributed by atoms with Gasteiger partial charge in [0.1, 0.15) is 0 Å². The smallest absolute Gasteiger partial charge is 0.194 e. The van der Waals surface area contributed by atoms with Gasteiger partial charge in [0.15, 0.2) is 17.5 Å². The molecule has 0 radical (unpaired) electrons. The van der Waals surface area contributed by atoms with Gasteiger partial charge in [0.25, 0.3) is 0 Å². The maximum Gasteiger partial charge on any atom is 0.194 e. The average Bonchev–Trinajstić information content (AvgIpc) is 2.45. The molecule has 0 bridgehead atoms. The van der Waals surface area contributed by atoms with E-state index in [1.54, 1.807) is 0 Å². The van der Waals surface area contributed by atoms with Gasteiger partial charge in [0.05, 0.1) is 0 Å². The molecule has 0 aliphatic heterocycles. The number of hydrogen-bond acceptors (Lipinski definition) is 2. The van der Waals surface area contributed by atoms with Gasteiger partial charge in [-0.05, 0) is 12.5 Å². The number of nitrogens with two attached hydrogens (primary N) is 1. The van der Waals surface area contributed by atoms with Crippen LogP contribution in [0.2, 0.25) is 0 Å². The van der Waals surface area contributed by atoms with E-state index >= 15 is 0 Å². The first-order valence-corrected chi connectivity index (χ1v) is 7.21. The van der Waals surface area contributed by atoms with Gasteiger partial charge in [-0.25, -0.2) is 13.2 Å². The molecule has 114 valence electrons. The van der Waals surface area contributed by atoms with E-state index in [0.717, 1.165) is 25.3 Å². The molecule has 0 aliphatic carbocycles. The lowest BCUT2D eigenvalue weighted by Crippen LogP contribution is -2.29. The van der Waals surface area contributed by atoms with Crippen molar-refractivity contribution in [3.05, 3.63) is 35.1 Å². The van der Waals surface area contributed by atoms with E-state index in [9.17, 15) is 13.2 Å². The molecule has 1 atom stereocenters. The van der Waals surface area contributed by atoms with Gasteiger partial charge < -0.3 is 0 Å². The predicted octanol–water partition coefficient (Wildman–Crippen LogP) is 4.36. The minimum absolute atomic E-state index is 0.0833. The SMILES string of the molecule is CCCCCCCCC(NN)c1ccc(F)c(F)c1F. The third-order valence-corrected chi connectivity index (χ3v) is 3.49. The zero-order valence-corrected chi connectivity index (χ0v) is 11.9. The first-order valence-electron chi connectivity index (χ1n) is 7.21. The van der Waals surface area contributed by atoms with Crippen molar-refractivity contribution in [1.29, 1.82) is 0 Å². The monoisotopic (exact) mass is 288 g/mol. The molecule has 1 aromatic carbocycles. The zero-order chi connectivity index (χ0) is 15.0. The number of rotatable bonds is 9. The minimum Gasteiger partial charge on any atom is -0.271 e. The van der Waals surface area contributed by atoms with Crippen molar-refractivity contribution in [2.24, 2.45) is 5.84 Å². The third kappa shape index (κ3) is 4.80. The van der Waals surface area contributed by atoms with Crippen LogP contribution in [-0.4, -0.2) is 0 Å². The van der Waals surface area contributed by atoms with Crippen molar-refractivity contribution in [2.45, 2.75) is 57.9 Å². The van der Waals surface area contributed by atoms with Crippen LogP contribution in [0.3, 0.4) is 0 Å². The largest absolute Gasteiger partial charge is 0.271 e. The molecule has 5 heteroatoms. The van der Waals surface area contributed by atoms with Gasteiger partial charge in [-0.2, -0.15) is 0 Å². The molecular formula is C15H23F3N2. The van der Waals surface area contributed by atoms with E-state index in [1.165, 1.54) is 25.3 Å². The Morgan fingerprint density at radius 3 is 2.30 bits per heavy atom. The summed E-state index contributed by atoms with van der Waals surface area (Å²) >= 11 is 0. The van der Waals surface area contributed by atoms with Crippen molar-refractivity contribution < 1.29 is 13.2 Å². The van der Waals surface area contributed by atoms with Crippen LogP contribution >= 0.6 is 0 Å². The summed E-state index contributed by atoms with van der Waals surface area (Å²) in [5.41, 5.74) is 2.56. The summed E-state index contributed by atoms with van der Waals surface area (Å²) in [5, 5.41) is 0. The van der Waals surface area contributed by atoms with Gasteiger partial charge in [-0.15, -0.1) is 0 Å². The number of nitrogens with one attached hydrogen (secondary N) is 1. The Kier molecular flexibility index (Phi) is 7.62. The Balaban J connectivity index is 2.52. The Bertz CT molecular complexity index is 410. The molecule has 2 nitrogen and oxygen atoms in total. The molecule has 20 heavy (non-hydrogen) atoms. The van der Waals surface area contributed by atoms with E-state index in [2.05, 4.69) is 12.3 Å². The number of hydrazine groups is 1. The van der Waals surface area contributed by atoms with Crippen molar-refractivity contribution in [3.8, 4) is 0 Å². The third-order valence-electron chi connectivity index (χ3n) is 3.49. The summed E-state index contributed by atoms with van der Waals surface area (Å²) in [6.07, 6.45) is 7.23. The second-order valence-electron chi connectivity index (χ2n) is 5.04. The highest BCUT2D eigenvalue weighted by molar-refractivity contribution is 5.23. The topological polar surface area (TPSA) is 38.0 Å². The molecule has 0 heterocycles. The Labute approximate surface area is 118 Å². The number of halogens is 3. The molecule has 0 spiro atoms. The maximum atomic E-state index is 13.7. The second-order valence-corrected chi connectivity index (χ2v) is 5.04. The van der Waals surface area contributed by atoms with Crippen LogP contribution in [0, 0.1) is 17.5 Å². The van der Waals surface area contributed by atoms with E-state index < -0.39 is 23.5 Å². The van der Waals surface area contributed by atoms with Crippen LogP contribution in [0.15, 0.2) is 12.1 Å². The van der Waals surface area contributed by atoms with Gasteiger partial charge in [0.2, 0.25) is 0 Å². The van der Waals surface area contributed by atoms with Gasteiger partial charge in [-0.3, -0.25) is 11.3 Å². The molecule has 0 amide bonds. The minimum atomic E-state index is -1.44. The zero-order valence-electron chi connectivity index (χ0n) is 11.9. The molecule has 1 unspecified atom stereocenters. The predicted molar refractivity (Wildman–Crippen MR) is 74.4 cm³/mol. The summed E-state index contributed by atoms with van der Waals surface area (Å²) in [6.45, 7) is 2.15. The highest BCUT2D eigenvalue weighted by Crippen LogP contribution is 2.25.